The van der Waals surface area contributed by atoms with Gasteiger partial charge in [0, 0.05) is 23.3 Å². The molecule has 0 aliphatic heterocycles. The van der Waals surface area contributed by atoms with Gasteiger partial charge in [-0.2, -0.15) is 0 Å². The van der Waals surface area contributed by atoms with Crippen LogP contribution in [0.3, 0.4) is 0 Å². The van der Waals surface area contributed by atoms with Crippen molar-refractivity contribution in [2.75, 3.05) is 0 Å². The maximum absolute atomic E-state index is 8.38. The summed E-state index contributed by atoms with van der Waals surface area (Å²) in [5, 5.41) is 18.6. The van der Waals surface area contributed by atoms with Crippen LogP contribution in [-0.4, -0.2) is 17.6 Å². The Balaban J connectivity index is 4.32. The normalized spacial score (nSPS) is 13.7. The van der Waals surface area contributed by atoms with Crippen LogP contribution in [0.15, 0.2) is 5.16 Å². The first-order valence-electron chi connectivity index (χ1n) is 4.03. The highest BCUT2D eigenvalue weighted by molar-refractivity contribution is 5.67. The third-order valence-corrected chi connectivity index (χ3v) is 1.71. The lowest BCUT2D eigenvalue weighted by molar-refractivity contribution is 0.299. The molecule has 0 aromatic heterocycles. The largest absolute Gasteiger partial charge is 0.411 e. The summed E-state index contributed by atoms with van der Waals surface area (Å²) in [4.78, 5) is 0. The van der Waals surface area contributed by atoms with Crippen LogP contribution >= 0.6 is 0 Å². The molecule has 0 rings (SSSR count). The molecule has 0 bridgehead atoms. The second-order valence-electron chi connectivity index (χ2n) is 4.54. The zero-order valence-corrected chi connectivity index (χ0v) is 8.26. The molecule has 0 spiro atoms. The fourth-order valence-corrected chi connectivity index (χ4v) is 1.43. The van der Waals surface area contributed by atoms with Gasteiger partial charge in [-0.1, -0.05) is 27.7 Å². The van der Waals surface area contributed by atoms with Gasteiger partial charge < -0.3 is 10.6 Å². The van der Waals surface area contributed by atoms with Crippen LogP contribution in [0.2, 0.25) is 0 Å². The minimum atomic E-state index is -0.157. The molecule has 0 heterocycles. The van der Waals surface area contributed by atoms with Crippen molar-refractivity contribution < 1.29 is 5.21 Å². The van der Waals surface area contributed by atoms with Gasteiger partial charge >= 0.3 is 0 Å². The van der Waals surface area contributed by atoms with Gasteiger partial charge in [0.1, 0.15) is 0 Å². The van der Waals surface area contributed by atoms with Crippen LogP contribution in [0.4, 0.5) is 0 Å². The molecule has 0 amide bonds. The lowest BCUT2D eigenvalue weighted by Gasteiger charge is -2.28. The molecule has 0 aromatic rings. The highest BCUT2D eigenvalue weighted by atomic mass is 16.4. The molecular formula is C9H18N2O. The molecule has 12 heavy (non-hydrogen) atoms. The average molecular weight is 170 g/mol. The molecule has 0 saturated heterocycles. The Morgan fingerprint density at radius 2 is 1.75 bits per heavy atom. The van der Waals surface area contributed by atoms with E-state index in [1.807, 2.05) is 27.7 Å². The zero-order chi connectivity index (χ0) is 9.83. The van der Waals surface area contributed by atoms with Gasteiger partial charge in [-0.15, -0.1) is 5.16 Å². The van der Waals surface area contributed by atoms with Gasteiger partial charge in [-0.3, -0.25) is 0 Å². The molecule has 0 aliphatic rings. The monoisotopic (exact) mass is 170 g/mol. The van der Waals surface area contributed by atoms with Crippen molar-refractivity contribution in [2.45, 2.75) is 34.1 Å². The molecule has 0 fully saturated rings. The van der Waals surface area contributed by atoms with E-state index < -0.39 is 0 Å². The summed E-state index contributed by atoms with van der Waals surface area (Å²) in [7, 11) is 0. The Kier molecular flexibility index (Phi) is 3.43. The van der Waals surface area contributed by atoms with Crippen LogP contribution in [0, 0.1) is 16.2 Å². The van der Waals surface area contributed by atoms with Gasteiger partial charge in [0.15, 0.2) is 0 Å². The van der Waals surface area contributed by atoms with E-state index in [1.165, 1.54) is 12.4 Å². The Bertz CT molecular complexity index is 183. The van der Waals surface area contributed by atoms with E-state index in [1.54, 1.807) is 0 Å². The minimum absolute atomic E-state index is 0.134. The zero-order valence-electron chi connectivity index (χ0n) is 8.26. The van der Waals surface area contributed by atoms with Crippen molar-refractivity contribution in [3.8, 4) is 0 Å². The third kappa shape index (κ3) is 4.11. The standard InChI is InChI=1S/C9H18N2O/c1-8(2,6-10)5-9(3,4)7-11-12/h6-7,10,12H,5H2,1-4H3/b10-6?,11-7+. The summed E-state index contributed by atoms with van der Waals surface area (Å²) in [6, 6.07) is 0. The molecule has 0 atom stereocenters. The van der Waals surface area contributed by atoms with Crippen molar-refractivity contribution >= 4 is 12.4 Å². The molecule has 0 aromatic carbocycles. The van der Waals surface area contributed by atoms with E-state index >= 15 is 0 Å². The van der Waals surface area contributed by atoms with E-state index in [0.717, 1.165) is 6.42 Å². The maximum Gasteiger partial charge on any atom is 0.0492 e. The van der Waals surface area contributed by atoms with Gasteiger partial charge in [-0.25, -0.2) is 0 Å². The fraction of sp³-hybridized carbons (Fsp3) is 0.778. The highest BCUT2D eigenvalue weighted by Crippen LogP contribution is 2.30. The predicted octanol–water partition coefficient (Wildman–Crippen LogP) is 2.54. The summed E-state index contributed by atoms with van der Waals surface area (Å²) in [6.07, 6.45) is 3.74. The van der Waals surface area contributed by atoms with Crippen molar-refractivity contribution in [2.24, 2.45) is 16.0 Å². The Labute approximate surface area is 74.0 Å². The predicted molar refractivity (Wildman–Crippen MR) is 51.2 cm³/mol. The molecule has 70 valence electrons. The number of oxime groups is 1. The van der Waals surface area contributed by atoms with Crippen molar-refractivity contribution in [1.82, 2.24) is 0 Å². The van der Waals surface area contributed by atoms with Crippen LogP contribution in [0.5, 0.6) is 0 Å². The fourth-order valence-electron chi connectivity index (χ4n) is 1.43. The van der Waals surface area contributed by atoms with Crippen LogP contribution in [0.1, 0.15) is 34.1 Å². The van der Waals surface area contributed by atoms with Gasteiger partial charge in [-0.05, 0) is 6.42 Å². The van der Waals surface area contributed by atoms with Crippen LogP contribution < -0.4 is 0 Å². The quantitative estimate of drug-likeness (QED) is 0.380. The van der Waals surface area contributed by atoms with Crippen LogP contribution in [-0.2, 0) is 0 Å². The Morgan fingerprint density at radius 1 is 1.25 bits per heavy atom. The SMILES string of the molecule is CC(C)(C=N)CC(C)(C)/C=N/O. The molecule has 0 unspecified atom stereocenters. The van der Waals surface area contributed by atoms with E-state index in [2.05, 4.69) is 5.16 Å². The van der Waals surface area contributed by atoms with E-state index in [0.29, 0.717) is 0 Å². The lowest BCUT2D eigenvalue weighted by Crippen LogP contribution is -2.25. The first-order valence-corrected chi connectivity index (χ1v) is 4.03. The number of hydrogen-bond donors (Lipinski definition) is 2. The van der Waals surface area contributed by atoms with Gasteiger partial charge in [0.05, 0.1) is 0 Å². The molecule has 3 heteroatoms. The highest BCUT2D eigenvalue weighted by Gasteiger charge is 2.25. The first-order chi connectivity index (χ1) is 5.33. The van der Waals surface area contributed by atoms with E-state index in [4.69, 9.17) is 10.6 Å². The molecule has 0 aliphatic carbocycles. The van der Waals surface area contributed by atoms with Crippen molar-refractivity contribution in [1.29, 1.82) is 5.41 Å². The van der Waals surface area contributed by atoms with Gasteiger partial charge in [0.2, 0.25) is 0 Å². The summed E-state index contributed by atoms with van der Waals surface area (Å²) in [6.45, 7) is 7.95. The summed E-state index contributed by atoms with van der Waals surface area (Å²) < 4.78 is 0. The van der Waals surface area contributed by atoms with E-state index in [9.17, 15) is 0 Å². The summed E-state index contributed by atoms with van der Waals surface area (Å²) >= 11 is 0. The molecule has 0 saturated carbocycles. The first kappa shape index (κ1) is 11.1. The molecular weight excluding hydrogens is 152 g/mol. The Hall–Kier alpha value is -0.860. The minimum Gasteiger partial charge on any atom is -0.411 e. The van der Waals surface area contributed by atoms with Crippen molar-refractivity contribution in [3.63, 3.8) is 0 Å². The lowest BCUT2D eigenvalue weighted by atomic mass is 9.76. The maximum atomic E-state index is 8.38. The summed E-state index contributed by atoms with van der Waals surface area (Å²) in [5.41, 5.74) is -0.291. The second kappa shape index (κ2) is 3.70. The van der Waals surface area contributed by atoms with Crippen molar-refractivity contribution in [3.05, 3.63) is 0 Å². The van der Waals surface area contributed by atoms with E-state index in [-0.39, 0.29) is 10.8 Å². The number of nitrogens with zero attached hydrogens (tertiary/aromatic N) is 1. The molecule has 2 N–H and O–H groups in total. The number of nitrogens with one attached hydrogen (secondary N) is 1. The topological polar surface area (TPSA) is 56.4 Å². The third-order valence-electron chi connectivity index (χ3n) is 1.71. The van der Waals surface area contributed by atoms with Crippen LogP contribution in [0.25, 0.3) is 0 Å². The Morgan fingerprint density at radius 3 is 2.08 bits per heavy atom. The number of hydrogen-bond acceptors (Lipinski definition) is 3. The number of rotatable bonds is 4. The molecule has 0 radical (unpaired) electrons. The molecule has 3 nitrogen and oxygen atoms in total. The second-order valence-corrected chi connectivity index (χ2v) is 4.54. The smallest absolute Gasteiger partial charge is 0.0492 e. The average Bonchev–Trinajstić information content (AvgIpc) is 1.85. The summed E-state index contributed by atoms with van der Waals surface area (Å²) in [5.74, 6) is 0. The van der Waals surface area contributed by atoms with Gasteiger partial charge in [0.25, 0.3) is 0 Å².